The van der Waals surface area contributed by atoms with E-state index in [1.54, 1.807) is 0 Å². The molecule has 0 saturated heterocycles. The summed E-state index contributed by atoms with van der Waals surface area (Å²) in [4.78, 5) is 12.5. The molecule has 1 N–H and O–H groups in total. The van der Waals surface area contributed by atoms with Crippen molar-refractivity contribution in [3.8, 4) is 5.75 Å². The van der Waals surface area contributed by atoms with E-state index in [4.69, 9.17) is 4.74 Å². The number of amides is 1. The Labute approximate surface area is 134 Å². The molecule has 22 heavy (non-hydrogen) atoms. The summed E-state index contributed by atoms with van der Waals surface area (Å²) in [5, 5.41) is 3.21. The molecule has 2 rings (SSSR count). The van der Waals surface area contributed by atoms with E-state index >= 15 is 0 Å². The van der Waals surface area contributed by atoms with Gasteiger partial charge in [-0.2, -0.15) is 0 Å². The molecule has 1 aromatic rings. The zero-order chi connectivity index (χ0) is 15.8. The minimum atomic E-state index is -0.397. The van der Waals surface area contributed by atoms with Gasteiger partial charge in [-0.25, -0.2) is 0 Å². The van der Waals surface area contributed by atoms with E-state index in [1.807, 2.05) is 38.1 Å². The topological polar surface area (TPSA) is 38.3 Å². The van der Waals surface area contributed by atoms with Crippen LogP contribution in [0.3, 0.4) is 0 Å². The summed E-state index contributed by atoms with van der Waals surface area (Å²) in [7, 11) is 0. The number of hydrogen-bond donors (Lipinski definition) is 1. The van der Waals surface area contributed by atoms with Gasteiger partial charge in [0.1, 0.15) is 5.75 Å². The third kappa shape index (κ3) is 5.04. The Balaban J connectivity index is 1.92. The van der Waals surface area contributed by atoms with Crippen molar-refractivity contribution in [2.75, 3.05) is 0 Å². The first-order valence-electron chi connectivity index (χ1n) is 8.73. The van der Waals surface area contributed by atoms with Crippen molar-refractivity contribution in [1.29, 1.82) is 0 Å². The minimum Gasteiger partial charge on any atom is -0.480 e. The van der Waals surface area contributed by atoms with Gasteiger partial charge in [-0.15, -0.1) is 0 Å². The van der Waals surface area contributed by atoms with Crippen LogP contribution in [-0.4, -0.2) is 18.1 Å². The molecular formula is C19H29NO2. The van der Waals surface area contributed by atoms with Gasteiger partial charge in [0.25, 0.3) is 5.91 Å². The number of carbonyl (C=O) groups is 1. The lowest BCUT2D eigenvalue weighted by Gasteiger charge is -2.24. The second-order valence-electron chi connectivity index (χ2n) is 6.33. The lowest BCUT2D eigenvalue weighted by Crippen LogP contribution is -2.43. The molecule has 0 aromatic heterocycles. The second kappa shape index (κ2) is 8.82. The normalized spacial score (nSPS) is 18.1. The van der Waals surface area contributed by atoms with Crippen LogP contribution in [0.4, 0.5) is 0 Å². The number of nitrogens with one attached hydrogen (secondary N) is 1. The largest absolute Gasteiger partial charge is 0.480 e. The molecule has 0 heterocycles. The first-order valence-corrected chi connectivity index (χ1v) is 8.73. The smallest absolute Gasteiger partial charge is 0.261 e. The number of hydrogen-bond acceptors (Lipinski definition) is 2. The van der Waals surface area contributed by atoms with Crippen molar-refractivity contribution in [2.45, 2.75) is 77.4 Å². The number of aryl methyl sites for hydroxylation is 1. The van der Waals surface area contributed by atoms with E-state index < -0.39 is 6.10 Å². The number of benzene rings is 1. The monoisotopic (exact) mass is 303 g/mol. The molecule has 122 valence electrons. The first kappa shape index (κ1) is 16.9. The van der Waals surface area contributed by atoms with Gasteiger partial charge in [0, 0.05) is 6.04 Å². The van der Waals surface area contributed by atoms with Gasteiger partial charge < -0.3 is 10.1 Å². The Hall–Kier alpha value is -1.51. The number of ether oxygens (including phenoxy) is 1. The van der Waals surface area contributed by atoms with Gasteiger partial charge in [0.15, 0.2) is 6.10 Å². The van der Waals surface area contributed by atoms with Crippen LogP contribution in [0.5, 0.6) is 5.75 Å². The number of rotatable bonds is 5. The average molecular weight is 303 g/mol. The lowest BCUT2D eigenvalue weighted by atomic mass is 9.96. The van der Waals surface area contributed by atoms with E-state index in [2.05, 4.69) is 5.32 Å². The zero-order valence-electron chi connectivity index (χ0n) is 13.9. The fourth-order valence-electron chi connectivity index (χ4n) is 3.06. The summed E-state index contributed by atoms with van der Waals surface area (Å²) in [6, 6.07) is 8.19. The molecule has 1 aromatic carbocycles. The van der Waals surface area contributed by atoms with Crippen molar-refractivity contribution in [1.82, 2.24) is 5.32 Å². The maximum atomic E-state index is 12.5. The molecule has 0 bridgehead atoms. The molecule has 3 nitrogen and oxygen atoms in total. The minimum absolute atomic E-state index is 0.0383. The van der Waals surface area contributed by atoms with Crippen LogP contribution in [0.15, 0.2) is 24.3 Å². The quantitative estimate of drug-likeness (QED) is 0.876. The summed E-state index contributed by atoms with van der Waals surface area (Å²) in [5.74, 6) is 0.846. The molecule has 1 fully saturated rings. The summed E-state index contributed by atoms with van der Waals surface area (Å²) in [5.41, 5.74) is 1.07. The Morgan fingerprint density at radius 2 is 1.82 bits per heavy atom. The molecule has 3 heteroatoms. The maximum absolute atomic E-state index is 12.5. The molecular weight excluding hydrogens is 274 g/mol. The van der Waals surface area contributed by atoms with Crippen LogP contribution in [-0.2, 0) is 4.79 Å². The molecule has 1 saturated carbocycles. The summed E-state index contributed by atoms with van der Waals surface area (Å²) in [6.07, 6.45) is 8.88. The predicted octanol–water partition coefficient (Wildman–Crippen LogP) is 4.38. The number of para-hydroxylation sites is 1. The van der Waals surface area contributed by atoms with Crippen molar-refractivity contribution < 1.29 is 9.53 Å². The molecule has 0 spiro atoms. The third-order valence-electron chi connectivity index (χ3n) is 4.48. The zero-order valence-corrected chi connectivity index (χ0v) is 13.9. The van der Waals surface area contributed by atoms with E-state index in [0.29, 0.717) is 12.5 Å². The van der Waals surface area contributed by atoms with E-state index in [0.717, 1.165) is 24.2 Å². The van der Waals surface area contributed by atoms with E-state index in [1.165, 1.54) is 32.1 Å². The predicted molar refractivity (Wildman–Crippen MR) is 90.1 cm³/mol. The van der Waals surface area contributed by atoms with Crippen LogP contribution >= 0.6 is 0 Å². The fraction of sp³-hybridized carbons (Fsp3) is 0.632. The highest BCUT2D eigenvalue weighted by atomic mass is 16.5. The van der Waals surface area contributed by atoms with Gasteiger partial charge in [-0.3, -0.25) is 4.79 Å². The van der Waals surface area contributed by atoms with Gasteiger partial charge in [0.2, 0.25) is 0 Å². The van der Waals surface area contributed by atoms with Crippen molar-refractivity contribution in [3.63, 3.8) is 0 Å². The molecule has 1 amide bonds. The first-order chi connectivity index (χ1) is 10.7. The van der Waals surface area contributed by atoms with E-state index in [9.17, 15) is 4.79 Å². The Morgan fingerprint density at radius 3 is 2.45 bits per heavy atom. The maximum Gasteiger partial charge on any atom is 0.261 e. The van der Waals surface area contributed by atoms with Crippen LogP contribution in [0.1, 0.15) is 63.9 Å². The lowest BCUT2D eigenvalue weighted by molar-refractivity contribution is -0.129. The van der Waals surface area contributed by atoms with Crippen LogP contribution in [0.25, 0.3) is 0 Å². The van der Waals surface area contributed by atoms with Crippen LogP contribution in [0, 0.1) is 6.92 Å². The van der Waals surface area contributed by atoms with Crippen molar-refractivity contribution in [3.05, 3.63) is 29.8 Å². The van der Waals surface area contributed by atoms with Gasteiger partial charge in [0.05, 0.1) is 0 Å². The van der Waals surface area contributed by atoms with E-state index in [-0.39, 0.29) is 5.91 Å². The van der Waals surface area contributed by atoms with Gasteiger partial charge >= 0.3 is 0 Å². The summed E-state index contributed by atoms with van der Waals surface area (Å²) >= 11 is 0. The Morgan fingerprint density at radius 1 is 1.18 bits per heavy atom. The molecule has 1 aliphatic rings. The molecule has 1 atom stereocenters. The standard InChI is InChI=1S/C19H29NO2/c1-3-17(22-18-14-10-9-11-15(18)2)19(21)20-16-12-7-5-4-6-8-13-16/h9-11,14,16-17H,3-8,12-13H2,1-2H3,(H,20,21)/t17-/m1/s1. The highest BCUT2D eigenvalue weighted by Crippen LogP contribution is 2.20. The average Bonchev–Trinajstić information content (AvgIpc) is 2.49. The highest BCUT2D eigenvalue weighted by Gasteiger charge is 2.22. The highest BCUT2D eigenvalue weighted by molar-refractivity contribution is 5.81. The SMILES string of the molecule is CC[C@@H](Oc1ccccc1C)C(=O)NC1CCCCCCC1. The summed E-state index contributed by atoms with van der Waals surface area (Å²) in [6.45, 7) is 4.01. The second-order valence-corrected chi connectivity index (χ2v) is 6.33. The summed E-state index contributed by atoms with van der Waals surface area (Å²) < 4.78 is 5.94. The Kier molecular flexibility index (Phi) is 6.75. The molecule has 0 aliphatic heterocycles. The van der Waals surface area contributed by atoms with Crippen LogP contribution in [0.2, 0.25) is 0 Å². The number of carbonyl (C=O) groups excluding carboxylic acids is 1. The molecule has 1 aliphatic carbocycles. The molecule has 0 unspecified atom stereocenters. The Bertz CT molecular complexity index is 464. The van der Waals surface area contributed by atoms with Gasteiger partial charge in [-0.1, -0.05) is 57.2 Å². The third-order valence-corrected chi connectivity index (χ3v) is 4.48. The van der Waals surface area contributed by atoms with Crippen molar-refractivity contribution >= 4 is 5.91 Å². The fourth-order valence-corrected chi connectivity index (χ4v) is 3.06. The molecule has 0 radical (unpaired) electrons. The van der Waals surface area contributed by atoms with Crippen molar-refractivity contribution in [2.24, 2.45) is 0 Å². The van der Waals surface area contributed by atoms with Crippen LogP contribution < -0.4 is 10.1 Å². The van der Waals surface area contributed by atoms with Gasteiger partial charge in [-0.05, 0) is 37.8 Å².